The summed E-state index contributed by atoms with van der Waals surface area (Å²) >= 11 is 1.52. The highest BCUT2D eigenvalue weighted by atomic mass is 32.1. The Hall–Kier alpha value is -1.40. The Morgan fingerprint density at radius 1 is 1.58 bits per heavy atom. The predicted molar refractivity (Wildman–Crippen MR) is 74.6 cm³/mol. The van der Waals surface area contributed by atoms with Gasteiger partial charge in [-0.1, -0.05) is 0 Å². The molecule has 0 aromatic carbocycles. The highest BCUT2D eigenvalue weighted by Crippen LogP contribution is 2.28. The number of thiophene rings is 1. The maximum Gasteiger partial charge on any atom is 0.264 e. The number of fused-ring (bicyclic) bond motifs is 1. The number of nitrogens with zero attached hydrogens (tertiary/aromatic N) is 3. The van der Waals surface area contributed by atoms with E-state index in [1.807, 2.05) is 36.5 Å². The van der Waals surface area contributed by atoms with Crippen LogP contribution in [0.1, 0.15) is 22.3 Å². The van der Waals surface area contributed by atoms with Gasteiger partial charge in [-0.15, -0.1) is 11.3 Å². The molecule has 0 aliphatic carbocycles. The van der Waals surface area contributed by atoms with Crippen LogP contribution in [-0.2, 0) is 11.8 Å². The molecule has 1 aliphatic heterocycles. The lowest BCUT2D eigenvalue weighted by atomic mass is 10.2. The van der Waals surface area contributed by atoms with E-state index in [1.165, 1.54) is 11.3 Å². The van der Waals surface area contributed by atoms with Crippen molar-refractivity contribution in [2.24, 2.45) is 7.05 Å². The molecule has 2 aromatic rings. The number of aryl methyl sites for hydroxylation is 2. The molecule has 1 amide bonds. The van der Waals surface area contributed by atoms with Crippen molar-refractivity contribution in [2.75, 3.05) is 19.7 Å². The fourth-order valence-corrected chi connectivity index (χ4v) is 3.56. The number of aromatic nitrogens is 2. The first-order valence-corrected chi connectivity index (χ1v) is 7.22. The number of amides is 1. The van der Waals surface area contributed by atoms with Crippen LogP contribution in [0.5, 0.6) is 0 Å². The van der Waals surface area contributed by atoms with Crippen LogP contribution >= 0.6 is 11.3 Å². The molecule has 1 atom stereocenters. The average Bonchev–Trinajstić information content (AvgIpc) is 2.92. The highest BCUT2D eigenvalue weighted by Gasteiger charge is 2.24. The lowest BCUT2D eigenvalue weighted by molar-refractivity contribution is -0.0122. The van der Waals surface area contributed by atoms with Gasteiger partial charge in [0, 0.05) is 25.5 Å². The van der Waals surface area contributed by atoms with Gasteiger partial charge in [-0.2, -0.15) is 5.10 Å². The molecular formula is C13H17N3O2S. The molecule has 0 bridgehead atoms. The van der Waals surface area contributed by atoms with E-state index in [0.717, 1.165) is 20.8 Å². The Morgan fingerprint density at radius 3 is 3.05 bits per heavy atom. The van der Waals surface area contributed by atoms with Crippen molar-refractivity contribution in [3.63, 3.8) is 0 Å². The maximum atomic E-state index is 12.5. The normalized spacial score (nSPS) is 20.2. The molecule has 3 heterocycles. The topological polar surface area (TPSA) is 47.4 Å². The summed E-state index contributed by atoms with van der Waals surface area (Å²) < 4.78 is 7.31. The number of hydrogen-bond acceptors (Lipinski definition) is 4. The molecular weight excluding hydrogens is 262 g/mol. The van der Waals surface area contributed by atoms with E-state index in [-0.39, 0.29) is 12.0 Å². The smallest absolute Gasteiger partial charge is 0.264 e. The summed E-state index contributed by atoms with van der Waals surface area (Å²) in [6, 6.07) is 1.96. The third kappa shape index (κ3) is 2.15. The lowest BCUT2D eigenvalue weighted by Gasteiger charge is -2.30. The molecule has 0 unspecified atom stereocenters. The molecule has 3 rings (SSSR count). The van der Waals surface area contributed by atoms with E-state index in [0.29, 0.717) is 19.7 Å². The second-order valence-corrected chi connectivity index (χ2v) is 6.00. The van der Waals surface area contributed by atoms with Gasteiger partial charge in [0.1, 0.15) is 4.83 Å². The SMILES string of the molecule is Cc1nn(C)c2sc(C(=O)N3CCO[C@@H](C)C3)cc12. The van der Waals surface area contributed by atoms with Gasteiger partial charge in [-0.05, 0) is 19.9 Å². The third-order valence-corrected chi connectivity index (χ3v) is 4.63. The third-order valence-electron chi connectivity index (χ3n) is 3.44. The first-order valence-electron chi connectivity index (χ1n) is 6.40. The van der Waals surface area contributed by atoms with Crippen molar-refractivity contribution in [1.82, 2.24) is 14.7 Å². The van der Waals surface area contributed by atoms with Gasteiger partial charge in [-0.3, -0.25) is 9.48 Å². The summed E-state index contributed by atoms with van der Waals surface area (Å²) in [5, 5.41) is 5.44. The van der Waals surface area contributed by atoms with Crippen molar-refractivity contribution in [3.8, 4) is 0 Å². The molecule has 6 heteroatoms. The van der Waals surface area contributed by atoms with E-state index in [2.05, 4.69) is 5.10 Å². The van der Waals surface area contributed by atoms with E-state index in [4.69, 9.17) is 4.74 Å². The standard InChI is InChI=1S/C13H17N3O2S/c1-8-7-16(4-5-18-8)12(17)11-6-10-9(2)14-15(3)13(10)19-11/h6,8H,4-5,7H2,1-3H3/t8-/m0/s1. The van der Waals surface area contributed by atoms with E-state index in [1.54, 1.807) is 0 Å². The number of rotatable bonds is 1. The zero-order chi connectivity index (χ0) is 13.6. The van der Waals surface area contributed by atoms with E-state index in [9.17, 15) is 4.79 Å². The predicted octanol–water partition coefficient (Wildman–Crippen LogP) is 1.80. The molecule has 19 heavy (non-hydrogen) atoms. The molecule has 0 N–H and O–H groups in total. The summed E-state index contributed by atoms with van der Waals surface area (Å²) in [6.45, 7) is 5.94. The Labute approximate surface area is 115 Å². The second-order valence-electron chi connectivity index (χ2n) is 4.97. The molecule has 2 aromatic heterocycles. The van der Waals surface area contributed by atoms with Crippen LogP contribution in [0.3, 0.4) is 0 Å². The van der Waals surface area contributed by atoms with Crippen molar-refractivity contribution < 1.29 is 9.53 Å². The van der Waals surface area contributed by atoms with Crippen molar-refractivity contribution in [2.45, 2.75) is 20.0 Å². The van der Waals surface area contributed by atoms with Gasteiger partial charge in [0.15, 0.2) is 0 Å². The number of carbonyl (C=O) groups excluding carboxylic acids is 1. The zero-order valence-corrected chi connectivity index (χ0v) is 12.2. The number of hydrogen-bond donors (Lipinski definition) is 0. The minimum absolute atomic E-state index is 0.107. The summed E-state index contributed by atoms with van der Waals surface area (Å²) in [6.07, 6.45) is 0.121. The first-order chi connectivity index (χ1) is 9.06. The first kappa shape index (κ1) is 12.6. The summed E-state index contributed by atoms with van der Waals surface area (Å²) in [5.74, 6) is 0.107. The molecule has 102 valence electrons. The Balaban J connectivity index is 1.91. The monoisotopic (exact) mass is 279 g/mol. The van der Waals surface area contributed by atoms with Crippen molar-refractivity contribution in [3.05, 3.63) is 16.6 Å². The van der Waals surface area contributed by atoms with E-state index >= 15 is 0 Å². The quantitative estimate of drug-likeness (QED) is 0.800. The van der Waals surface area contributed by atoms with Crippen molar-refractivity contribution in [1.29, 1.82) is 0 Å². The lowest BCUT2D eigenvalue weighted by Crippen LogP contribution is -2.44. The van der Waals surface area contributed by atoms with Gasteiger partial charge >= 0.3 is 0 Å². The van der Waals surface area contributed by atoms with Gasteiger partial charge < -0.3 is 9.64 Å². The molecule has 1 saturated heterocycles. The molecule has 1 fully saturated rings. The van der Waals surface area contributed by atoms with Crippen LogP contribution in [0.25, 0.3) is 10.2 Å². The Morgan fingerprint density at radius 2 is 2.37 bits per heavy atom. The number of carbonyl (C=O) groups is 1. The molecule has 0 radical (unpaired) electrons. The highest BCUT2D eigenvalue weighted by molar-refractivity contribution is 7.20. The largest absolute Gasteiger partial charge is 0.375 e. The molecule has 1 aliphatic rings. The second kappa shape index (κ2) is 4.61. The van der Waals surface area contributed by atoms with Gasteiger partial charge in [0.25, 0.3) is 5.91 Å². The van der Waals surface area contributed by atoms with Crippen LogP contribution < -0.4 is 0 Å². The van der Waals surface area contributed by atoms with Crippen LogP contribution in [0.2, 0.25) is 0 Å². The zero-order valence-electron chi connectivity index (χ0n) is 11.3. The fourth-order valence-electron chi connectivity index (χ4n) is 2.47. The summed E-state index contributed by atoms with van der Waals surface area (Å²) in [5.41, 5.74) is 0.975. The Kier molecular flexibility index (Phi) is 3.06. The van der Waals surface area contributed by atoms with Crippen LogP contribution in [0.4, 0.5) is 0 Å². The minimum atomic E-state index is 0.107. The summed E-state index contributed by atoms with van der Waals surface area (Å²) in [7, 11) is 1.91. The van der Waals surface area contributed by atoms with Crippen LogP contribution in [0, 0.1) is 6.92 Å². The van der Waals surface area contributed by atoms with Gasteiger partial charge in [0.2, 0.25) is 0 Å². The van der Waals surface area contributed by atoms with E-state index < -0.39 is 0 Å². The van der Waals surface area contributed by atoms with Gasteiger partial charge in [0.05, 0.1) is 23.3 Å². The van der Waals surface area contributed by atoms with Crippen LogP contribution in [0.15, 0.2) is 6.07 Å². The van der Waals surface area contributed by atoms with Crippen LogP contribution in [-0.4, -0.2) is 46.4 Å². The minimum Gasteiger partial charge on any atom is -0.375 e. The Bertz CT molecular complexity index is 597. The molecule has 0 saturated carbocycles. The average molecular weight is 279 g/mol. The number of ether oxygens (including phenoxy) is 1. The fraction of sp³-hybridized carbons (Fsp3) is 0.538. The summed E-state index contributed by atoms with van der Waals surface area (Å²) in [4.78, 5) is 16.2. The molecule has 5 nitrogen and oxygen atoms in total. The van der Waals surface area contributed by atoms with Gasteiger partial charge in [-0.25, -0.2) is 0 Å². The molecule has 0 spiro atoms. The maximum absolute atomic E-state index is 12.5. The number of morpholine rings is 1. The van der Waals surface area contributed by atoms with Crippen molar-refractivity contribution >= 4 is 27.5 Å².